The maximum Gasteiger partial charge on any atom is 0.306 e. The summed E-state index contributed by atoms with van der Waals surface area (Å²) >= 11 is 0. The second-order valence-corrected chi connectivity index (χ2v) is 2.74. The highest BCUT2D eigenvalue weighted by Crippen LogP contribution is 2.07. The van der Waals surface area contributed by atoms with Crippen LogP contribution < -0.4 is 0 Å². The molecule has 0 amide bonds. The highest BCUT2D eigenvalue weighted by atomic mass is 16.4. The van der Waals surface area contributed by atoms with Crippen molar-refractivity contribution in [2.45, 2.75) is 33.1 Å². The van der Waals surface area contributed by atoms with Gasteiger partial charge in [-0.3, -0.25) is 4.79 Å². The van der Waals surface area contributed by atoms with E-state index in [2.05, 4.69) is 6.08 Å². The molecule has 0 aliphatic carbocycles. The van der Waals surface area contributed by atoms with E-state index >= 15 is 0 Å². The summed E-state index contributed by atoms with van der Waals surface area (Å²) in [6.45, 7) is 3.72. The van der Waals surface area contributed by atoms with Crippen LogP contribution in [-0.4, -0.2) is 11.1 Å². The fourth-order valence-corrected chi connectivity index (χ4v) is 0.832. The lowest BCUT2D eigenvalue weighted by molar-refractivity contribution is -0.141. The van der Waals surface area contributed by atoms with Crippen LogP contribution in [0.5, 0.6) is 0 Å². The first-order chi connectivity index (χ1) is 5.18. The van der Waals surface area contributed by atoms with Gasteiger partial charge in [-0.15, -0.1) is 0 Å². The summed E-state index contributed by atoms with van der Waals surface area (Å²) in [5.41, 5.74) is 0. The van der Waals surface area contributed by atoms with Gasteiger partial charge in [0.05, 0.1) is 5.92 Å². The van der Waals surface area contributed by atoms with Crippen LogP contribution in [0.2, 0.25) is 0 Å². The number of carboxylic acid groups (broad SMARTS) is 1. The third-order valence-electron chi connectivity index (χ3n) is 1.67. The lowest BCUT2D eigenvalue weighted by atomic mass is 10.0. The third kappa shape index (κ3) is 5.64. The van der Waals surface area contributed by atoms with Crippen molar-refractivity contribution >= 4 is 5.97 Å². The van der Waals surface area contributed by atoms with E-state index in [9.17, 15) is 4.79 Å². The monoisotopic (exact) mass is 156 g/mol. The molecule has 0 aromatic carbocycles. The van der Waals surface area contributed by atoms with Crippen LogP contribution in [0.3, 0.4) is 0 Å². The largest absolute Gasteiger partial charge is 0.481 e. The van der Waals surface area contributed by atoms with Gasteiger partial charge < -0.3 is 5.11 Å². The minimum atomic E-state index is -0.689. The Balaban J connectivity index is 3.31. The number of hydrogen-bond donors (Lipinski definition) is 1. The molecule has 64 valence electrons. The Morgan fingerprint density at radius 1 is 1.64 bits per heavy atom. The third-order valence-corrected chi connectivity index (χ3v) is 1.67. The molecule has 0 fully saturated rings. The van der Waals surface area contributed by atoms with E-state index in [0.29, 0.717) is 0 Å². The smallest absolute Gasteiger partial charge is 0.306 e. The number of rotatable bonds is 5. The van der Waals surface area contributed by atoms with Crippen molar-refractivity contribution in [2.24, 2.45) is 5.92 Å². The average Bonchev–Trinajstić information content (AvgIpc) is 1.97. The first kappa shape index (κ1) is 10.2. The zero-order chi connectivity index (χ0) is 8.69. The Morgan fingerprint density at radius 3 is 2.73 bits per heavy atom. The van der Waals surface area contributed by atoms with Crippen molar-refractivity contribution < 1.29 is 9.90 Å². The zero-order valence-corrected chi connectivity index (χ0v) is 7.21. The maximum atomic E-state index is 10.3. The fraction of sp³-hybridized carbons (Fsp3) is 0.667. The van der Waals surface area contributed by atoms with Crippen molar-refractivity contribution in [1.29, 1.82) is 0 Å². The minimum Gasteiger partial charge on any atom is -0.481 e. The van der Waals surface area contributed by atoms with E-state index in [1.54, 1.807) is 6.92 Å². The molecular weight excluding hydrogens is 140 g/mol. The molecule has 0 rings (SSSR count). The maximum absolute atomic E-state index is 10.3. The Kier molecular flexibility index (Phi) is 5.53. The predicted molar refractivity (Wildman–Crippen MR) is 45.5 cm³/mol. The van der Waals surface area contributed by atoms with E-state index in [0.717, 1.165) is 19.3 Å². The van der Waals surface area contributed by atoms with Crippen LogP contribution in [0, 0.1) is 5.92 Å². The van der Waals surface area contributed by atoms with Crippen molar-refractivity contribution in [3.05, 3.63) is 12.2 Å². The molecule has 0 aromatic heterocycles. The molecule has 0 spiro atoms. The van der Waals surface area contributed by atoms with Gasteiger partial charge >= 0.3 is 5.97 Å². The quantitative estimate of drug-likeness (QED) is 0.490. The van der Waals surface area contributed by atoms with E-state index in [-0.39, 0.29) is 5.92 Å². The van der Waals surface area contributed by atoms with E-state index in [1.807, 2.05) is 13.0 Å². The van der Waals surface area contributed by atoms with Gasteiger partial charge in [-0.25, -0.2) is 0 Å². The normalized spacial score (nSPS) is 13.6. The summed E-state index contributed by atoms with van der Waals surface area (Å²) in [4.78, 5) is 10.3. The number of allylic oxidation sites excluding steroid dienone is 2. The summed E-state index contributed by atoms with van der Waals surface area (Å²) in [5.74, 6) is -0.884. The van der Waals surface area contributed by atoms with Crippen LogP contribution in [0.15, 0.2) is 12.2 Å². The van der Waals surface area contributed by atoms with Gasteiger partial charge in [0.15, 0.2) is 0 Å². The molecule has 11 heavy (non-hydrogen) atoms. The van der Waals surface area contributed by atoms with E-state index < -0.39 is 5.97 Å². The standard InChI is InChI=1S/C9H16O2/c1-3-4-5-6-7-8(2)9(10)11/h3-4,8H,5-7H2,1-2H3,(H,10,11)/b4-3+. The topological polar surface area (TPSA) is 37.3 Å². The van der Waals surface area contributed by atoms with Gasteiger partial charge in [0, 0.05) is 0 Å². The van der Waals surface area contributed by atoms with Crippen LogP contribution in [0.4, 0.5) is 0 Å². The molecular formula is C9H16O2. The van der Waals surface area contributed by atoms with Crippen LogP contribution in [-0.2, 0) is 4.79 Å². The number of carbonyl (C=O) groups is 1. The lowest BCUT2D eigenvalue weighted by Gasteiger charge is -2.02. The van der Waals surface area contributed by atoms with Crippen molar-refractivity contribution in [2.75, 3.05) is 0 Å². The highest BCUT2D eigenvalue weighted by Gasteiger charge is 2.08. The number of carboxylic acids is 1. The summed E-state index contributed by atoms with van der Waals surface area (Å²) in [6, 6.07) is 0. The summed E-state index contributed by atoms with van der Waals surface area (Å²) in [5, 5.41) is 8.52. The second kappa shape index (κ2) is 5.96. The first-order valence-corrected chi connectivity index (χ1v) is 4.02. The Hall–Kier alpha value is -0.790. The van der Waals surface area contributed by atoms with Crippen molar-refractivity contribution in [1.82, 2.24) is 0 Å². The molecule has 2 nitrogen and oxygen atoms in total. The van der Waals surface area contributed by atoms with Crippen LogP contribution in [0.25, 0.3) is 0 Å². The van der Waals surface area contributed by atoms with Gasteiger partial charge in [0.25, 0.3) is 0 Å². The molecule has 1 atom stereocenters. The van der Waals surface area contributed by atoms with Gasteiger partial charge in [-0.1, -0.05) is 19.1 Å². The van der Waals surface area contributed by atoms with E-state index in [4.69, 9.17) is 5.11 Å². The molecule has 0 radical (unpaired) electrons. The molecule has 0 heterocycles. The highest BCUT2D eigenvalue weighted by molar-refractivity contribution is 5.69. The first-order valence-electron chi connectivity index (χ1n) is 4.02. The average molecular weight is 156 g/mol. The Morgan fingerprint density at radius 2 is 2.27 bits per heavy atom. The molecule has 0 saturated carbocycles. The van der Waals surface area contributed by atoms with Crippen LogP contribution in [0.1, 0.15) is 33.1 Å². The summed E-state index contributed by atoms with van der Waals surface area (Å²) in [7, 11) is 0. The van der Waals surface area contributed by atoms with Gasteiger partial charge in [0.2, 0.25) is 0 Å². The minimum absolute atomic E-state index is 0.194. The Labute approximate surface area is 67.9 Å². The summed E-state index contributed by atoms with van der Waals surface area (Å²) in [6.07, 6.45) is 6.80. The molecule has 0 aliphatic rings. The van der Waals surface area contributed by atoms with Crippen molar-refractivity contribution in [3.8, 4) is 0 Å². The number of hydrogen-bond acceptors (Lipinski definition) is 1. The predicted octanol–water partition coefficient (Wildman–Crippen LogP) is 2.45. The van der Waals surface area contributed by atoms with Gasteiger partial charge in [-0.2, -0.15) is 0 Å². The molecule has 0 saturated heterocycles. The second-order valence-electron chi connectivity index (χ2n) is 2.74. The number of aliphatic carboxylic acids is 1. The molecule has 0 aliphatic heterocycles. The lowest BCUT2D eigenvalue weighted by Crippen LogP contribution is -2.08. The van der Waals surface area contributed by atoms with Crippen molar-refractivity contribution in [3.63, 3.8) is 0 Å². The molecule has 1 N–H and O–H groups in total. The van der Waals surface area contributed by atoms with Gasteiger partial charge in [-0.05, 0) is 26.2 Å². The fourth-order valence-electron chi connectivity index (χ4n) is 0.832. The SMILES string of the molecule is C/C=C/CCCC(C)C(=O)O. The molecule has 1 unspecified atom stereocenters. The van der Waals surface area contributed by atoms with Crippen LogP contribution >= 0.6 is 0 Å². The molecule has 0 bridgehead atoms. The zero-order valence-electron chi connectivity index (χ0n) is 7.21. The molecule has 2 heteroatoms. The van der Waals surface area contributed by atoms with E-state index in [1.165, 1.54) is 0 Å². The summed E-state index contributed by atoms with van der Waals surface area (Å²) < 4.78 is 0. The number of unbranched alkanes of at least 4 members (excludes halogenated alkanes) is 1. The Bertz CT molecular complexity index is 138. The molecule has 0 aromatic rings. The van der Waals surface area contributed by atoms with Gasteiger partial charge in [0.1, 0.15) is 0 Å².